The highest BCUT2D eigenvalue weighted by Crippen LogP contribution is 2.27. The third kappa shape index (κ3) is 4.61. The van der Waals surface area contributed by atoms with Crippen LogP contribution in [0.3, 0.4) is 0 Å². The van der Waals surface area contributed by atoms with Crippen LogP contribution >= 0.6 is 0 Å². The lowest BCUT2D eigenvalue weighted by atomic mass is 9.79. The number of hydrogen-bond donors (Lipinski definition) is 3. The van der Waals surface area contributed by atoms with E-state index in [1.807, 2.05) is 0 Å². The van der Waals surface area contributed by atoms with Crippen LogP contribution in [-0.2, 0) is 14.8 Å². The van der Waals surface area contributed by atoms with Crippen molar-refractivity contribution in [2.45, 2.75) is 38.3 Å². The number of carbonyl (C=O) groups is 1. The molecule has 3 N–H and O–H groups in total. The van der Waals surface area contributed by atoms with Gasteiger partial charge in [0.05, 0.1) is 12.2 Å². The van der Waals surface area contributed by atoms with E-state index in [1.165, 1.54) is 0 Å². The molecule has 1 rings (SSSR count). The molecule has 0 bridgehead atoms. The summed E-state index contributed by atoms with van der Waals surface area (Å²) >= 11 is 0. The van der Waals surface area contributed by atoms with E-state index in [-0.39, 0.29) is 12.0 Å². The first-order chi connectivity index (χ1) is 7.61. The van der Waals surface area contributed by atoms with E-state index in [0.29, 0.717) is 13.0 Å². The molecule has 17 heavy (non-hydrogen) atoms. The lowest BCUT2D eigenvalue weighted by Crippen LogP contribution is -2.56. The van der Waals surface area contributed by atoms with Crippen LogP contribution < -0.4 is 10.0 Å². The van der Waals surface area contributed by atoms with E-state index >= 15 is 0 Å². The largest absolute Gasteiger partial charge is 0.481 e. The third-order valence-corrected chi connectivity index (χ3v) is 3.78. The zero-order valence-corrected chi connectivity index (χ0v) is 11.2. The van der Waals surface area contributed by atoms with E-state index in [4.69, 9.17) is 5.11 Å². The molecule has 7 heteroatoms. The maximum atomic E-state index is 11.1. The Hall–Kier alpha value is -0.660. The van der Waals surface area contributed by atoms with Crippen LogP contribution in [0.5, 0.6) is 0 Å². The van der Waals surface area contributed by atoms with Crippen molar-refractivity contribution in [3.8, 4) is 0 Å². The molecule has 0 spiro atoms. The van der Waals surface area contributed by atoms with Crippen LogP contribution in [0.2, 0.25) is 0 Å². The summed E-state index contributed by atoms with van der Waals surface area (Å²) in [5, 5.41) is 12.0. The van der Waals surface area contributed by atoms with Gasteiger partial charge in [0, 0.05) is 18.1 Å². The van der Waals surface area contributed by atoms with Crippen LogP contribution in [-0.4, -0.2) is 43.9 Å². The summed E-state index contributed by atoms with van der Waals surface area (Å²) in [6, 6.07) is -0.0480. The maximum absolute atomic E-state index is 11.1. The summed E-state index contributed by atoms with van der Waals surface area (Å²) in [7, 11) is -3.25. The summed E-state index contributed by atoms with van der Waals surface area (Å²) in [6.45, 7) is 3.93. The molecule has 100 valence electrons. The second-order valence-corrected chi connectivity index (χ2v) is 7.02. The second kappa shape index (κ2) is 4.91. The third-order valence-electron chi connectivity index (χ3n) is 2.86. The predicted molar refractivity (Wildman–Crippen MR) is 64.2 cm³/mol. The Morgan fingerprint density at radius 1 is 1.41 bits per heavy atom. The highest BCUT2D eigenvalue weighted by molar-refractivity contribution is 7.88. The standard InChI is InChI=1S/C10H20N2O4S/c1-10(2,12-17(3,15)16)6-11-8-5-4-7(8)9(13)14/h7-8,11-12H,4-6H2,1-3H3,(H,13,14). The molecule has 2 atom stereocenters. The van der Waals surface area contributed by atoms with Crippen molar-refractivity contribution in [2.24, 2.45) is 5.92 Å². The molecule has 6 nitrogen and oxygen atoms in total. The number of carboxylic acids is 1. The van der Waals surface area contributed by atoms with Gasteiger partial charge in [-0.2, -0.15) is 0 Å². The van der Waals surface area contributed by atoms with Crippen LogP contribution in [0.1, 0.15) is 26.7 Å². The molecule has 1 aliphatic carbocycles. The molecule has 0 radical (unpaired) electrons. The van der Waals surface area contributed by atoms with Crippen molar-refractivity contribution in [1.29, 1.82) is 0 Å². The van der Waals surface area contributed by atoms with Crippen molar-refractivity contribution in [2.75, 3.05) is 12.8 Å². The van der Waals surface area contributed by atoms with Gasteiger partial charge in [-0.25, -0.2) is 13.1 Å². The molecule has 0 aromatic rings. The first-order valence-corrected chi connectivity index (χ1v) is 7.45. The van der Waals surface area contributed by atoms with E-state index in [0.717, 1.165) is 12.7 Å². The Kier molecular flexibility index (Phi) is 4.16. The molecule has 1 aliphatic rings. The second-order valence-electron chi connectivity index (χ2n) is 5.27. The van der Waals surface area contributed by atoms with Crippen molar-refractivity contribution in [3.63, 3.8) is 0 Å². The first kappa shape index (κ1) is 14.4. The topological polar surface area (TPSA) is 95.5 Å². The highest BCUT2D eigenvalue weighted by atomic mass is 32.2. The minimum absolute atomic E-state index is 0.0480. The maximum Gasteiger partial charge on any atom is 0.308 e. The van der Waals surface area contributed by atoms with Crippen LogP contribution in [0.25, 0.3) is 0 Å². The van der Waals surface area contributed by atoms with E-state index < -0.39 is 21.5 Å². The number of hydrogen-bond acceptors (Lipinski definition) is 4. The minimum Gasteiger partial charge on any atom is -0.481 e. The van der Waals surface area contributed by atoms with Gasteiger partial charge in [0.1, 0.15) is 0 Å². The summed E-state index contributed by atoms with van der Waals surface area (Å²) in [6.07, 6.45) is 2.62. The highest BCUT2D eigenvalue weighted by Gasteiger charge is 2.37. The fraction of sp³-hybridized carbons (Fsp3) is 0.900. The molecule has 1 saturated carbocycles. The molecule has 0 aromatic heterocycles. The summed E-state index contributed by atoms with van der Waals surface area (Å²) in [4.78, 5) is 10.8. The number of carboxylic acid groups (broad SMARTS) is 1. The molecule has 2 unspecified atom stereocenters. The molecular formula is C10H20N2O4S. The average Bonchev–Trinajstić information content (AvgIpc) is 1.94. The van der Waals surface area contributed by atoms with E-state index in [9.17, 15) is 13.2 Å². The Balaban J connectivity index is 2.42. The summed E-state index contributed by atoms with van der Waals surface area (Å²) in [5.74, 6) is -1.13. The number of sulfonamides is 1. The van der Waals surface area contributed by atoms with Gasteiger partial charge in [0.15, 0.2) is 0 Å². The molecule has 0 amide bonds. The normalized spacial score (nSPS) is 25.4. The summed E-state index contributed by atoms with van der Waals surface area (Å²) < 4.78 is 24.7. The van der Waals surface area contributed by atoms with Crippen molar-refractivity contribution in [1.82, 2.24) is 10.0 Å². The van der Waals surface area contributed by atoms with Crippen molar-refractivity contribution in [3.05, 3.63) is 0 Å². The predicted octanol–water partition coefficient (Wildman–Crippen LogP) is -0.233. The minimum atomic E-state index is -3.25. The van der Waals surface area contributed by atoms with Gasteiger partial charge in [-0.3, -0.25) is 4.79 Å². The van der Waals surface area contributed by atoms with Gasteiger partial charge in [-0.05, 0) is 26.7 Å². The number of nitrogens with one attached hydrogen (secondary N) is 2. The smallest absolute Gasteiger partial charge is 0.308 e. The molecule has 0 aromatic carbocycles. The first-order valence-electron chi connectivity index (χ1n) is 5.56. The van der Waals surface area contributed by atoms with Gasteiger partial charge in [0.2, 0.25) is 10.0 Å². The Labute approximate surface area is 102 Å². The fourth-order valence-corrected chi connectivity index (χ4v) is 3.04. The van der Waals surface area contributed by atoms with Gasteiger partial charge < -0.3 is 10.4 Å². The van der Waals surface area contributed by atoms with Gasteiger partial charge in [-0.1, -0.05) is 0 Å². The van der Waals surface area contributed by atoms with E-state index in [2.05, 4.69) is 10.0 Å². The fourth-order valence-electron chi connectivity index (χ4n) is 1.96. The Morgan fingerprint density at radius 2 is 2.00 bits per heavy atom. The Bertz CT molecular complexity index is 391. The quantitative estimate of drug-likeness (QED) is 0.616. The van der Waals surface area contributed by atoms with Gasteiger partial charge in [-0.15, -0.1) is 0 Å². The monoisotopic (exact) mass is 264 g/mol. The zero-order valence-electron chi connectivity index (χ0n) is 10.4. The number of aliphatic carboxylic acids is 1. The van der Waals surface area contributed by atoms with Crippen LogP contribution in [0, 0.1) is 5.92 Å². The number of rotatable bonds is 6. The zero-order chi connectivity index (χ0) is 13.3. The lowest BCUT2D eigenvalue weighted by Gasteiger charge is -2.37. The SMILES string of the molecule is CC(C)(CNC1CCC1C(=O)O)NS(C)(=O)=O. The molecular weight excluding hydrogens is 244 g/mol. The molecule has 1 fully saturated rings. The molecule has 0 heterocycles. The van der Waals surface area contributed by atoms with Crippen molar-refractivity contribution >= 4 is 16.0 Å². The van der Waals surface area contributed by atoms with Crippen LogP contribution in [0.15, 0.2) is 0 Å². The van der Waals surface area contributed by atoms with E-state index in [1.54, 1.807) is 13.8 Å². The average molecular weight is 264 g/mol. The van der Waals surface area contributed by atoms with Gasteiger partial charge in [0.25, 0.3) is 0 Å². The van der Waals surface area contributed by atoms with Gasteiger partial charge >= 0.3 is 5.97 Å². The Morgan fingerprint density at radius 3 is 2.35 bits per heavy atom. The van der Waals surface area contributed by atoms with Crippen molar-refractivity contribution < 1.29 is 18.3 Å². The molecule has 0 aliphatic heterocycles. The lowest BCUT2D eigenvalue weighted by molar-refractivity contribution is -0.146. The molecule has 0 saturated heterocycles. The summed E-state index contributed by atoms with van der Waals surface area (Å²) in [5.41, 5.74) is -0.619. The van der Waals surface area contributed by atoms with Crippen LogP contribution in [0.4, 0.5) is 0 Å².